The average molecular weight is 356 g/mol. The number of thioether (sulfide) groups is 1. The van der Waals surface area contributed by atoms with Crippen LogP contribution < -0.4 is 0 Å². The van der Waals surface area contributed by atoms with Gasteiger partial charge in [-0.1, -0.05) is 46.0 Å². The molecule has 1 amide bonds. The van der Waals surface area contributed by atoms with Crippen LogP contribution in [0.3, 0.4) is 0 Å². The third-order valence-corrected chi connectivity index (χ3v) is 6.55. The minimum atomic E-state index is -0.373. The highest BCUT2D eigenvalue weighted by Crippen LogP contribution is 2.41. The minimum absolute atomic E-state index is 0.155. The van der Waals surface area contributed by atoms with Crippen molar-refractivity contribution >= 4 is 23.6 Å². The first kappa shape index (κ1) is 19.6. The van der Waals surface area contributed by atoms with E-state index in [0.717, 1.165) is 25.7 Å². The highest BCUT2D eigenvalue weighted by molar-refractivity contribution is 8.00. The summed E-state index contributed by atoms with van der Waals surface area (Å²) in [5.41, 5.74) is 0. The lowest BCUT2D eigenvalue weighted by Crippen LogP contribution is -2.48. The van der Waals surface area contributed by atoms with Crippen LogP contribution in [0.5, 0.6) is 0 Å². The maximum atomic E-state index is 12.9. The van der Waals surface area contributed by atoms with E-state index >= 15 is 0 Å². The average Bonchev–Trinajstić information content (AvgIpc) is 3.05. The highest BCUT2D eigenvalue weighted by atomic mass is 32.2. The highest BCUT2D eigenvalue weighted by Gasteiger charge is 2.45. The predicted octanol–water partition coefficient (Wildman–Crippen LogP) is 4.37. The molecular weight excluding hydrogens is 322 g/mol. The van der Waals surface area contributed by atoms with E-state index in [4.69, 9.17) is 4.74 Å². The van der Waals surface area contributed by atoms with Gasteiger partial charge in [0.15, 0.2) is 0 Å². The number of carbonyl (C=O) groups is 2. The van der Waals surface area contributed by atoms with E-state index in [2.05, 4.69) is 6.92 Å². The number of rotatable bonds is 8. The van der Waals surface area contributed by atoms with E-state index in [1.54, 1.807) is 11.8 Å². The van der Waals surface area contributed by atoms with Crippen molar-refractivity contribution in [3.8, 4) is 0 Å². The number of hydrogen-bond acceptors (Lipinski definition) is 4. The van der Waals surface area contributed by atoms with Crippen LogP contribution in [-0.4, -0.2) is 40.6 Å². The molecule has 2 atom stereocenters. The summed E-state index contributed by atoms with van der Waals surface area (Å²) in [6.07, 6.45) is 10.7. The molecule has 138 valence electrons. The Morgan fingerprint density at radius 2 is 1.83 bits per heavy atom. The zero-order chi connectivity index (χ0) is 17.4. The molecule has 1 aliphatic carbocycles. The van der Waals surface area contributed by atoms with Gasteiger partial charge >= 0.3 is 5.97 Å². The smallest absolute Gasteiger partial charge is 0.329 e. The molecule has 0 radical (unpaired) electrons. The molecule has 24 heavy (non-hydrogen) atoms. The monoisotopic (exact) mass is 355 g/mol. The largest absolute Gasteiger partial charge is 0.464 e. The van der Waals surface area contributed by atoms with E-state index in [-0.39, 0.29) is 23.3 Å². The first-order valence-corrected chi connectivity index (χ1v) is 10.8. The topological polar surface area (TPSA) is 46.6 Å². The standard InChI is InChI=1S/C19H33NO3S/c1-3-5-7-12-17(21)20-16(19(22)23-13-4-2)14-24-18(20)15-10-8-6-9-11-15/h15-16,18H,3-14H2,1-2H3. The molecule has 0 spiro atoms. The Bertz CT molecular complexity index is 409. The second kappa shape index (κ2) is 10.3. The van der Waals surface area contributed by atoms with Gasteiger partial charge in [-0.05, 0) is 31.6 Å². The van der Waals surface area contributed by atoms with Crippen molar-refractivity contribution < 1.29 is 14.3 Å². The zero-order valence-electron chi connectivity index (χ0n) is 15.3. The van der Waals surface area contributed by atoms with E-state index in [1.807, 2.05) is 11.8 Å². The van der Waals surface area contributed by atoms with Gasteiger partial charge in [-0.2, -0.15) is 0 Å². The van der Waals surface area contributed by atoms with Gasteiger partial charge in [-0.25, -0.2) is 4.79 Å². The Morgan fingerprint density at radius 1 is 1.08 bits per heavy atom. The Kier molecular flexibility index (Phi) is 8.43. The molecule has 0 aromatic rings. The molecule has 1 heterocycles. The quantitative estimate of drug-likeness (QED) is 0.479. The Morgan fingerprint density at radius 3 is 2.50 bits per heavy atom. The van der Waals surface area contributed by atoms with Crippen molar-refractivity contribution in [3.63, 3.8) is 0 Å². The van der Waals surface area contributed by atoms with E-state index in [1.165, 1.54) is 32.1 Å². The van der Waals surface area contributed by atoms with Crippen LogP contribution in [0.25, 0.3) is 0 Å². The predicted molar refractivity (Wildman–Crippen MR) is 98.8 cm³/mol. The maximum absolute atomic E-state index is 12.9. The lowest BCUT2D eigenvalue weighted by Gasteiger charge is -2.35. The fourth-order valence-corrected chi connectivity index (χ4v) is 5.41. The molecule has 1 aliphatic heterocycles. The van der Waals surface area contributed by atoms with Crippen molar-refractivity contribution in [3.05, 3.63) is 0 Å². The van der Waals surface area contributed by atoms with Gasteiger partial charge in [0.2, 0.25) is 5.91 Å². The number of hydrogen-bond donors (Lipinski definition) is 0. The first-order valence-electron chi connectivity index (χ1n) is 9.78. The molecule has 2 fully saturated rings. The first-order chi connectivity index (χ1) is 11.7. The molecule has 1 saturated heterocycles. The molecule has 2 rings (SSSR count). The van der Waals surface area contributed by atoms with Crippen molar-refractivity contribution in [1.82, 2.24) is 4.90 Å². The number of unbranched alkanes of at least 4 members (excludes halogenated alkanes) is 2. The van der Waals surface area contributed by atoms with Crippen molar-refractivity contribution in [2.75, 3.05) is 12.4 Å². The minimum Gasteiger partial charge on any atom is -0.464 e. The van der Waals surface area contributed by atoms with E-state index in [9.17, 15) is 9.59 Å². The van der Waals surface area contributed by atoms with Crippen LogP contribution in [-0.2, 0) is 14.3 Å². The van der Waals surface area contributed by atoms with Crippen LogP contribution in [0.4, 0.5) is 0 Å². The molecule has 0 N–H and O–H groups in total. The molecule has 2 aliphatic rings. The summed E-state index contributed by atoms with van der Waals surface area (Å²) >= 11 is 1.80. The lowest BCUT2D eigenvalue weighted by atomic mass is 9.88. The van der Waals surface area contributed by atoms with Gasteiger partial charge in [0.25, 0.3) is 0 Å². The number of carbonyl (C=O) groups excluding carboxylic acids is 2. The number of nitrogens with zero attached hydrogens (tertiary/aromatic N) is 1. The van der Waals surface area contributed by atoms with Crippen LogP contribution in [0, 0.1) is 5.92 Å². The maximum Gasteiger partial charge on any atom is 0.329 e. The van der Waals surface area contributed by atoms with Crippen molar-refractivity contribution in [2.24, 2.45) is 5.92 Å². The second-order valence-electron chi connectivity index (χ2n) is 7.06. The summed E-state index contributed by atoms with van der Waals surface area (Å²) in [4.78, 5) is 27.2. The van der Waals surface area contributed by atoms with Gasteiger partial charge in [0.1, 0.15) is 6.04 Å². The molecule has 0 bridgehead atoms. The summed E-state index contributed by atoms with van der Waals surface area (Å²) in [7, 11) is 0. The molecule has 4 nitrogen and oxygen atoms in total. The van der Waals surface area contributed by atoms with E-state index in [0.29, 0.717) is 24.7 Å². The number of amides is 1. The Balaban J connectivity index is 2.05. The fraction of sp³-hybridized carbons (Fsp3) is 0.895. The van der Waals surface area contributed by atoms with Crippen LogP contribution in [0.15, 0.2) is 0 Å². The van der Waals surface area contributed by atoms with Gasteiger partial charge in [0, 0.05) is 12.2 Å². The summed E-state index contributed by atoms with van der Waals surface area (Å²) in [5, 5.41) is 0.179. The van der Waals surface area contributed by atoms with Crippen molar-refractivity contribution in [2.45, 2.75) is 89.5 Å². The van der Waals surface area contributed by atoms with Gasteiger partial charge in [-0.15, -0.1) is 11.8 Å². The van der Waals surface area contributed by atoms with Crippen molar-refractivity contribution in [1.29, 1.82) is 0 Å². The van der Waals surface area contributed by atoms with Crippen LogP contribution in [0.1, 0.15) is 78.1 Å². The molecule has 0 aromatic carbocycles. The second-order valence-corrected chi connectivity index (χ2v) is 8.21. The Labute approximate surface area is 151 Å². The normalized spacial score (nSPS) is 25.0. The Hall–Kier alpha value is -0.710. The summed E-state index contributed by atoms with van der Waals surface area (Å²) < 4.78 is 5.37. The summed E-state index contributed by atoms with van der Waals surface area (Å²) in [6, 6.07) is -0.373. The lowest BCUT2D eigenvalue weighted by molar-refractivity contribution is -0.154. The third kappa shape index (κ3) is 5.14. The molecule has 2 unspecified atom stereocenters. The third-order valence-electron chi connectivity index (χ3n) is 5.09. The number of ether oxygens (including phenoxy) is 1. The van der Waals surface area contributed by atoms with Gasteiger partial charge in [0.05, 0.1) is 12.0 Å². The molecule has 5 heteroatoms. The van der Waals surface area contributed by atoms with Gasteiger partial charge in [-0.3, -0.25) is 4.79 Å². The molecule has 0 aromatic heterocycles. The fourth-order valence-electron chi connectivity index (χ4n) is 3.76. The van der Waals surface area contributed by atoms with Crippen LogP contribution >= 0.6 is 11.8 Å². The molecule has 1 saturated carbocycles. The van der Waals surface area contributed by atoms with Crippen LogP contribution in [0.2, 0.25) is 0 Å². The molecular formula is C19H33NO3S. The van der Waals surface area contributed by atoms with E-state index < -0.39 is 0 Å². The summed E-state index contributed by atoms with van der Waals surface area (Å²) in [5.74, 6) is 1.19. The SMILES string of the molecule is CCCCCC(=O)N1C(C(=O)OCCC)CSC1C1CCCCC1. The van der Waals surface area contributed by atoms with Gasteiger partial charge < -0.3 is 9.64 Å². The zero-order valence-corrected chi connectivity index (χ0v) is 16.1. The summed E-state index contributed by atoms with van der Waals surface area (Å²) in [6.45, 7) is 4.59. The number of esters is 1.